The summed E-state index contributed by atoms with van der Waals surface area (Å²) in [5.74, 6) is -2.45. The van der Waals surface area contributed by atoms with E-state index in [2.05, 4.69) is 10.3 Å². The van der Waals surface area contributed by atoms with Crippen molar-refractivity contribution in [2.24, 2.45) is 11.8 Å². The van der Waals surface area contributed by atoms with Crippen molar-refractivity contribution < 1.29 is 33.8 Å². The van der Waals surface area contributed by atoms with Crippen LogP contribution in [0.2, 0.25) is 0 Å². The number of esters is 1. The Balaban J connectivity index is 2.28. The molecule has 1 aromatic carbocycles. The monoisotopic (exact) mass is 603 g/mol. The van der Waals surface area contributed by atoms with Crippen molar-refractivity contribution in [2.45, 2.75) is 97.9 Å². The van der Waals surface area contributed by atoms with Crippen molar-refractivity contribution in [3.8, 4) is 0 Å². The molecule has 232 valence electrons. The number of aromatic nitrogens is 1. The van der Waals surface area contributed by atoms with Gasteiger partial charge in [-0.05, 0) is 45.1 Å². The van der Waals surface area contributed by atoms with Gasteiger partial charge in [-0.3, -0.25) is 14.4 Å². The van der Waals surface area contributed by atoms with Crippen LogP contribution in [0.5, 0.6) is 0 Å². The molecule has 2 N–H and O–H groups in total. The van der Waals surface area contributed by atoms with Crippen LogP contribution in [0.3, 0.4) is 0 Å². The molecule has 2 amide bonds. The Morgan fingerprint density at radius 3 is 2.26 bits per heavy atom. The van der Waals surface area contributed by atoms with Crippen molar-refractivity contribution in [3.63, 3.8) is 0 Å². The van der Waals surface area contributed by atoms with Gasteiger partial charge >= 0.3 is 18.0 Å². The Morgan fingerprint density at radius 1 is 1.07 bits per heavy atom. The molecule has 2 rings (SSSR count). The zero-order valence-electron chi connectivity index (χ0n) is 25.9. The normalized spacial score (nSPS) is 14.4. The van der Waals surface area contributed by atoms with Crippen LogP contribution in [0.15, 0.2) is 35.7 Å². The Kier molecular flexibility index (Phi) is 13.0. The maximum absolute atomic E-state index is 13.3. The lowest BCUT2D eigenvalue weighted by Gasteiger charge is -2.34. The van der Waals surface area contributed by atoms with Gasteiger partial charge in [0.2, 0.25) is 0 Å². The quantitative estimate of drug-likeness (QED) is 0.256. The standard InChI is InChI=1S/C31H45N3O7S/c1-9-26(35)40-25(17-24(19(2)3)34(8)30(39)41-31(5,6)7)28-33-23(18-42-28)27(36)32-22(15-20(4)29(37)38)16-21-13-11-10-12-14-21/h10-14,18-20,22,24-25H,9,15-17H2,1-8H3,(H,32,36)(H,37,38)/t20?,22?,24-,25-/m1/s1. The number of carbonyl (C=O) groups excluding carboxylic acids is 3. The molecule has 0 bridgehead atoms. The van der Waals surface area contributed by atoms with E-state index in [9.17, 15) is 24.3 Å². The van der Waals surface area contributed by atoms with Crippen molar-refractivity contribution in [2.75, 3.05) is 7.05 Å². The van der Waals surface area contributed by atoms with Crippen LogP contribution in [-0.4, -0.2) is 63.7 Å². The summed E-state index contributed by atoms with van der Waals surface area (Å²) in [6, 6.07) is 8.76. The van der Waals surface area contributed by atoms with Crippen LogP contribution in [0, 0.1) is 11.8 Å². The van der Waals surface area contributed by atoms with Gasteiger partial charge in [0.15, 0.2) is 6.10 Å². The molecule has 0 spiro atoms. The fraction of sp³-hybridized carbons (Fsp3) is 0.581. The second-order valence-corrected chi connectivity index (χ2v) is 12.8. The van der Waals surface area contributed by atoms with E-state index in [1.807, 2.05) is 44.2 Å². The van der Waals surface area contributed by atoms with Gasteiger partial charge in [-0.2, -0.15) is 0 Å². The summed E-state index contributed by atoms with van der Waals surface area (Å²) in [6.45, 7) is 12.6. The van der Waals surface area contributed by atoms with Gasteiger partial charge in [-0.25, -0.2) is 9.78 Å². The maximum Gasteiger partial charge on any atom is 0.410 e. The van der Waals surface area contributed by atoms with Crippen LogP contribution in [0.25, 0.3) is 0 Å². The maximum atomic E-state index is 13.3. The molecule has 0 aliphatic carbocycles. The van der Waals surface area contributed by atoms with E-state index < -0.39 is 47.6 Å². The summed E-state index contributed by atoms with van der Waals surface area (Å²) in [5.41, 5.74) is 0.453. The highest BCUT2D eigenvalue weighted by Crippen LogP contribution is 2.31. The lowest BCUT2D eigenvalue weighted by Crippen LogP contribution is -2.44. The highest BCUT2D eigenvalue weighted by atomic mass is 32.1. The number of rotatable bonds is 14. The predicted octanol–water partition coefficient (Wildman–Crippen LogP) is 5.87. The topological polar surface area (TPSA) is 135 Å². The summed E-state index contributed by atoms with van der Waals surface area (Å²) in [7, 11) is 1.66. The average Bonchev–Trinajstić information content (AvgIpc) is 3.40. The van der Waals surface area contributed by atoms with E-state index >= 15 is 0 Å². The van der Waals surface area contributed by atoms with Crippen molar-refractivity contribution in [1.82, 2.24) is 15.2 Å². The third kappa shape index (κ3) is 11.1. The largest absolute Gasteiger partial charge is 0.481 e. The van der Waals surface area contributed by atoms with E-state index in [-0.39, 0.29) is 36.9 Å². The number of benzene rings is 1. The lowest BCUT2D eigenvalue weighted by molar-refractivity contribution is -0.150. The summed E-state index contributed by atoms with van der Waals surface area (Å²) in [5, 5.41) is 14.4. The SMILES string of the molecule is CCC(=O)O[C@H](C[C@H](C(C)C)N(C)C(=O)OC(C)(C)C)c1nc(C(=O)NC(Cc2ccccc2)CC(C)C(=O)O)cs1. The minimum absolute atomic E-state index is 0.00282. The van der Waals surface area contributed by atoms with Gasteiger partial charge in [0.05, 0.1) is 5.92 Å². The summed E-state index contributed by atoms with van der Waals surface area (Å²) < 4.78 is 11.3. The molecule has 2 aromatic rings. The highest BCUT2D eigenvalue weighted by molar-refractivity contribution is 7.09. The molecule has 0 radical (unpaired) electrons. The molecule has 0 saturated heterocycles. The average molecular weight is 604 g/mol. The fourth-order valence-corrected chi connectivity index (χ4v) is 5.27. The number of nitrogens with one attached hydrogen (secondary N) is 1. The molecule has 0 fully saturated rings. The third-order valence-electron chi connectivity index (χ3n) is 6.72. The first-order chi connectivity index (χ1) is 19.6. The number of carboxylic acids is 1. The molecule has 0 saturated carbocycles. The lowest BCUT2D eigenvalue weighted by atomic mass is 9.96. The molecular formula is C31H45N3O7S. The minimum atomic E-state index is -0.935. The molecule has 10 nitrogen and oxygen atoms in total. The number of nitrogens with zero attached hydrogens (tertiary/aromatic N) is 2. The summed E-state index contributed by atoms with van der Waals surface area (Å²) in [6.07, 6.45) is -0.135. The van der Waals surface area contributed by atoms with E-state index in [0.717, 1.165) is 5.56 Å². The summed E-state index contributed by atoms with van der Waals surface area (Å²) in [4.78, 5) is 56.1. The Hall–Kier alpha value is -3.47. The molecule has 0 aliphatic heterocycles. The third-order valence-corrected chi connectivity index (χ3v) is 7.65. The smallest absolute Gasteiger partial charge is 0.410 e. The fourth-order valence-electron chi connectivity index (χ4n) is 4.43. The molecule has 1 heterocycles. The Labute approximate surface area is 252 Å². The number of hydrogen-bond donors (Lipinski definition) is 2. The van der Waals surface area contributed by atoms with Gasteiger partial charge in [-0.15, -0.1) is 11.3 Å². The molecule has 0 aliphatic rings. The number of carboxylic acid groups (broad SMARTS) is 1. The van der Waals surface area contributed by atoms with E-state index in [1.54, 1.807) is 47.0 Å². The molecule has 1 aromatic heterocycles. The minimum Gasteiger partial charge on any atom is -0.481 e. The second-order valence-electron chi connectivity index (χ2n) is 11.9. The van der Waals surface area contributed by atoms with Gasteiger partial charge in [-0.1, -0.05) is 58.0 Å². The number of carbonyl (C=O) groups is 4. The first-order valence-corrected chi connectivity index (χ1v) is 15.2. The highest BCUT2D eigenvalue weighted by Gasteiger charge is 2.33. The van der Waals surface area contributed by atoms with E-state index in [1.165, 1.54) is 16.2 Å². The Bertz CT molecular complexity index is 1190. The molecule has 42 heavy (non-hydrogen) atoms. The number of aliphatic carboxylic acids is 1. The molecule has 2 unspecified atom stereocenters. The van der Waals surface area contributed by atoms with Crippen LogP contribution in [-0.2, 0) is 25.5 Å². The van der Waals surface area contributed by atoms with Crippen LogP contribution in [0.1, 0.15) is 94.9 Å². The summed E-state index contributed by atoms with van der Waals surface area (Å²) >= 11 is 1.19. The Morgan fingerprint density at radius 2 is 1.71 bits per heavy atom. The second kappa shape index (κ2) is 15.7. The van der Waals surface area contributed by atoms with Crippen molar-refractivity contribution in [1.29, 1.82) is 0 Å². The van der Waals surface area contributed by atoms with Gasteiger partial charge in [0, 0.05) is 37.4 Å². The van der Waals surface area contributed by atoms with E-state index in [4.69, 9.17) is 9.47 Å². The van der Waals surface area contributed by atoms with Crippen LogP contribution in [0.4, 0.5) is 4.79 Å². The van der Waals surface area contributed by atoms with Crippen molar-refractivity contribution in [3.05, 3.63) is 52.0 Å². The first kappa shape index (κ1) is 34.7. The van der Waals surface area contributed by atoms with Crippen LogP contribution < -0.4 is 5.32 Å². The van der Waals surface area contributed by atoms with E-state index in [0.29, 0.717) is 11.4 Å². The predicted molar refractivity (Wildman–Crippen MR) is 161 cm³/mol. The van der Waals surface area contributed by atoms with Crippen molar-refractivity contribution >= 4 is 35.3 Å². The number of ether oxygens (including phenoxy) is 2. The van der Waals surface area contributed by atoms with Gasteiger partial charge in [0.1, 0.15) is 16.3 Å². The van der Waals surface area contributed by atoms with Gasteiger partial charge in [0.25, 0.3) is 5.91 Å². The first-order valence-electron chi connectivity index (χ1n) is 14.3. The zero-order valence-corrected chi connectivity index (χ0v) is 26.7. The molecule has 4 atom stereocenters. The molecule has 11 heteroatoms. The van der Waals surface area contributed by atoms with Crippen LogP contribution >= 0.6 is 11.3 Å². The number of thiazole rings is 1. The van der Waals surface area contributed by atoms with Gasteiger partial charge < -0.3 is 24.8 Å². The molecular weight excluding hydrogens is 558 g/mol. The zero-order chi connectivity index (χ0) is 31.6. The number of amides is 2. The number of hydrogen-bond acceptors (Lipinski definition) is 8.